The Bertz CT molecular complexity index is 460. The third kappa shape index (κ3) is 2.59. The largest absolute Gasteiger partial charge is 0.372 e. The van der Waals surface area contributed by atoms with Gasteiger partial charge in [-0.15, -0.1) is 0 Å². The van der Waals surface area contributed by atoms with E-state index in [1.54, 1.807) is 0 Å². The van der Waals surface area contributed by atoms with Gasteiger partial charge >= 0.3 is 0 Å². The highest BCUT2D eigenvalue weighted by Crippen LogP contribution is 2.26. The summed E-state index contributed by atoms with van der Waals surface area (Å²) in [5.41, 5.74) is 2.76. The second-order valence-electron chi connectivity index (χ2n) is 5.16. The first-order valence-electron chi connectivity index (χ1n) is 5.91. The molecule has 1 fully saturated rings. The summed E-state index contributed by atoms with van der Waals surface area (Å²) in [5, 5.41) is 9.20. The number of morpholine rings is 1. The first kappa shape index (κ1) is 11.9. The second-order valence-corrected chi connectivity index (χ2v) is 5.16. The Hall–Kier alpha value is -1.53. The van der Waals surface area contributed by atoms with Crippen molar-refractivity contribution in [3.05, 3.63) is 29.3 Å². The zero-order chi connectivity index (χ0) is 12.5. The maximum absolute atomic E-state index is 9.20. The van der Waals surface area contributed by atoms with Crippen molar-refractivity contribution in [1.82, 2.24) is 0 Å². The number of aryl methyl sites for hydroxylation is 1. The number of anilines is 1. The molecule has 0 radical (unpaired) electrons. The Balaban J connectivity index is 2.31. The van der Waals surface area contributed by atoms with Crippen LogP contribution in [0.5, 0.6) is 0 Å². The first-order chi connectivity index (χ1) is 8.02. The summed E-state index contributed by atoms with van der Waals surface area (Å²) >= 11 is 0. The van der Waals surface area contributed by atoms with Crippen molar-refractivity contribution in [3.63, 3.8) is 0 Å². The van der Waals surface area contributed by atoms with E-state index in [1.165, 1.54) is 0 Å². The van der Waals surface area contributed by atoms with E-state index < -0.39 is 0 Å². The number of ether oxygens (including phenoxy) is 1. The molecule has 3 nitrogen and oxygen atoms in total. The van der Waals surface area contributed by atoms with Crippen molar-refractivity contribution in [3.8, 4) is 6.07 Å². The Morgan fingerprint density at radius 1 is 1.41 bits per heavy atom. The van der Waals surface area contributed by atoms with Crippen LogP contribution in [0.3, 0.4) is 0 Å². The van der Waals surface area contributed by atoms with Crippen LogP contribution in [0.25, 0.3) is 0 Å². The molecule has 1 aliphatic rings. The normalized spacial score (nSPS) is 18.8. The van der Waals surface area contributed by atoms with Gasteiger partial charge in [-0.2, -0.15) is 5.26 Å². The molecule has 2 rings (SSSR count). The number of nitrogens with zero attached hydrogens (tertiary/aromatic N) is 2. The Morgan fingerprint density at radius 2 is 2.18 bits per heavy atom. The predicted molar refractivity (Wildman–Crippen MR) is 68.1 cm³/mol. The fourth-order valence-corrected chi connectivity index (χ4v) is 2.24. The molecule has 3 heteroatoms. The predicted octanol–water partition coefficient (Wildman–Crippen LogP) is 2.48. The van der Waals surface area contributed by atoms with E-state index in [4.69, 9.17) is 4.74 Å². The van der Waals surface area contributed by atoms with Crippen LogP contribution >= 0.6 is 0 Å². The van der Waals surface area contributed by atoms with Crippen molar-refractivity contribution in [1.29, 1.82) is 5.26 Å². The minimum atomic E-state index is -0.143. The molecule has 1 saturated heterocycles. The lowest BCUT2D eigenvalue weighted by Crippen LogP contribution is -2.48. The van der Waals surface area contributed by atoms with Crippen LogP contribution in [-0.2, 0) is 4.74 Å². The van der Waals surface area contributed by atoms with Crippen molar-refractivity contribution >= 4 is 5.69 Å². The highest BCUT2D eigenvalue weighted by atomic mass is 16.5. The van der Waals surface area contributed by atoms with E-state index in [1.807, 2.05) is 19.1 Å². The summed E-state index contributed by atoms with van der Waals surface area (Å²) in [7, 11) is 0. The van der Waals surface area contributed by atoms with Gasteiger partial charge in [0.1, 0.15) is 6.07 Å². The van der Waals surface area contributed by atoms with E-state index in [2.05, 4.69) is 30.9 Å². The molecule has 0 aliphatic carbocycles. The molecule has 1 aromatic rings. The van der Waals surface area contributed by atoms with Gasteiger partial charge in [0.15, 0.2) is 0 Å². The highest BCUT2D eigenvalue weighted by Gasteiger charge is 2.28. The maximum atomic E-state index is 9.20. The zero-order valence-electron chi connectivity index (χ0n) is 10.7. The van der Waals surface area contributed by atoms with Crippen LogP contribution in [0.15, 0.2) is 18.2 Å². The van der Waals surface area contributed by atoms with E-state index in [0.29, 0.717) is 6.61 Å². The molecule has 1 heterocycles. The van der Waals surface area contributed by atoms with Gasteiger partial charge in [-0.25, -0.2) is 0 Å². The van der Waals surface area contributed by atoms with Crippen molar-refractivity contribution in [2.24, 2.45) is 0 Å². The third-order valence-corrected chi connectivity index (χ3v) is 3.04. The van der Waals surface area contributed by atoms with Gasteiger partial charge in [0.25, 0.3) is 0 Å². The van der Waals surface area contributed by atoms with Gasteiger partial charge in [0, 0.05) is 13.1 Å². The lowest BCUT2D eigenvalue weighted by atomic mass is 10.0. The van der Waals surface area contributed by atoms with Gasteiger partial charge in [-0.3, -0.25) is 0 Å². The molecular weight excluding hydrogens is 212 g/mol. The molecule has 0 atom stereocenters. The molecule has 0 unspecified atom stereocenters. The smallest absolute Gasteiger partial charge is 0.101 e. The van der Waals surface area contributed by atoms with Gasteiger partial charge in [0.2, 0.25) is 0 Å². The minimum Gasteiger partial charge on any atom is -0.372 e. The van der Waals surface area contributed by atoms with Crippen molar-refractivity contribution < 1.29 is 4.74 Å². The van der Waals surface area contributed by atoms with Crippen LogP contribution in [0.2, 0.25) is 0 Å². The molecule has 17 heavy (non-hydrogen) atoms. The summed E-state index contributed by atoms with van der Waals surface area (Å²) in [6.45, 7) is 8.56. The number of hydrogen-bond donors (Lipinski definition) is 0. The molecule has 0 amide bonds. The third-order valence-electron chi connectivity index (χ3n) is 3.04. The summed E-state index contributed by atoms with van der Waals surface area (Å²) in [4.78, 5) is 2.24. The summed E-state index contributed by atoms with van der Waals surface area (Å²) in [6, 6.07) is 8.31. The summed E-state index contributed by atoms with van der Waals surface area (Å²) < 4.78 is 5.69. The SMILES string of the molecule is Cc1ccc(N2CCOC(C)(C)C2)c(C#N)c1. The standard InChI is InChI=1S/C14H18N2O/c1-11-4-5-13(12(8-11)9-15)16-6-7-17-14(2,3)10-16/h4-5,8H,6-7,10H2,1-3H3. The van der Waals surface area contributed by atoms with E-state index in [9.17, 15) is 5.26 Å². The lowest BCUT2D eigenvalue weighted by molar-refractivity contribution is -0.0277. The number of benzene rings is 1. The monoisotopic (exact) mass is 230 g/mol. The van der Waals surface area contributed by atoms with E-state index >= 15 is 0 Å². The van der Waals surface area contributed by atoms with Crippen molar-refractivity contribution in [2.75, 3.05) is 24.6 Å². The quantitative estimate of drug-likeness (QED) is 0.743. The molecule has 90 valence electrons. The summed E-state index contributed by atoms with van der Waals surface area (Å²) in [6.07, 6.45) is 0. The van der Waals surface area contributed by atoms with Gasteiger partial charge in [0.05, 0.1) is 23.5 Å². The number of rotatable bonds is 1. The van der Waals surface area contributed by atoms with Gasteiger partial charge in [-0.05, 0) is 38.5 Å². The molecule has 0 aromatic heterocycles. The Kier molecular flexibility index (Phi) is 3.08. The Labute approximate surface area is 103 Å². The van der Waals surface area contributed by atoms with Crippen LogP contribution in [0, 0.1) is 18.3 Å². The minimum absolute atomic E-state index is 0.143. The van der Waals surface area contributed by atoms with Crippen LogP contribution < -0.4 is 4.90 Å². The maximum Gasteiger partial charge on any atom is 0.101 e. The topological polar surface area (TPSA) is 36.3 Å². The molecule has 0 N–H and O–H groups in total. The van der Waals surface area contributed by atoms with E-state index in [0.717, 1.165) is 29.9 Å². The highest BCUT2D eigenvalue weighted by molar-refractivity contribution is 5.60. The number of hydrogen-bond acceptors (Lipinski definition) is 3. The lowest BCUT2D eigenvalue weighted by Gasteiger charge is -2.39. The van der Waals surface area contributed by atoms with Crippen molar-refractivity contribution in [2.45, 2.75) is 26.4 Å². The Morgan fingerprint density at radius 3 is 2.82 bits per heavy atom. The molecule has 0 saturated carbocycles. The number of nitriles is 1. The summed E-state index contributed by atoms with van der Waals surface area (Å²) in [5.74, 6) is 0. The fraction of sp³-hybridized carbons (Fsp3) is 0.500. The van der Waals surface area contributed by atoms with Crippen LogP contribution in [0.1, 0.15) is 25.0 Å². The molecule has 1 aliphatic heterocycles. The van der Waals surface area contributed by atoms with Gasteiger partial charge in [-0.1, -0.05) is 6.07 Å². The van der Waals surface area contributed by atoms with Gasteiger partial charge < -0.3 is 9.64 Å². The fourth-order valence-electron chi connectivity index (χ4n) is 2.24. The first-order valence-corrected chi connectivity index (χ1v) is 5.91. The molecular formula is C14H18N2O. The second kappa shape index (κ2) is 4.38. The zero-order valence-corrected chi connectivity index (χ0v) is 10.7. The van der Waals surface area contributed by atoms with Crippen LogP contribution in [-0.4, -0.2) is 25.3 Å². The van der Waals surface area contributed by atoms with E-state index in [-0.39, 0.29) is 5.60 Å². The average molecular weight is 230 g/mol. The average Bonchev–Trinajstić information content (AvgIpc) is 2.27. The molecule has 1 aromatic carbocycles. The molecule has 0 spiro atoms. The van der Waals surface area contributed by atoms with Crippen LogP contribution in [0.4, 0.5) is 5.69 Å². The molecule has 0 bridgehead atoms.